The molecule has 0 unspecified atom stereocenters. The first-order valence-electron chi connectivity index (χ1n) is 6.97. The van der Waals surface area contributed by atoms with Gasteiger partial charge in [0.2, 0.25) is 5.91 Å². The van der Waals surface area contributed by atoms with E-state index in [9.17, 15) is 4.79 Å². The summed E-state index contributed by atoms with van der Waals surface area (Å²) < 4.78 is 0. The van der Waals surface area contributed by atoms with Crippen molar-refractivity contribution in [1.82, 2.24) is 5.32 Å². The Morgan fingerprint density at radius 1 is 1.11 bits per heavy atom. The number of nitrogens with one attached hydrogen (secondary N) is 2. The molecule has 3 nitrogen and oxygen atoms in total. The third-order valence-corrected chi connectivity index (χ3v) is 3.85. The smallest absolute Gasteiger partial charge is 0.241 e. The SMILES string of the molecule is Cl.O=C(Nc1ccc(C2CC2)cc1)[C@H]1CCCCN1. The number of piperidine rings is 1. The van der Waals surface area contributed by atoms with Crippen molar-refractivity contribution in [2.45, 2.75) is 44.1 Å². The predicted molar refractivity (Wildman–Crippen MR) is 79.9 cm³/mol. The third-order valence-electron chi connectivity index (χ3n) is 3.85. The number of carbonyl (C=O) groups is 1. The summed E-state index contributed by atoms with van der Waals surface area (Å²) >= 11 is 0. The first-order chi connectivity index (χ1) is 8.83. The van der Waals surface area contributed by atoms with Gasteiger partial charge in [0, 0.05) is 5.69 Å². The Hall–Kier alpha value is -1.06. The summed E-state index contributed by atoms with van der Waals surface area (Å²) in [6.07, 6.45) is 5.91. The van der Waals surface area contributed by atoms with Crippen LogP contribution in [0.4, 0.5) is 5.69 Å². The van der Waals surface area contributed by atoms with E-state index >= 15 is 0 Å². The lowest BCUT2D eigenvalue weighted by Gasteiger charge is -2.22. The van der Waals surface area contributed by atoms with Gasteiger partial charge in [-0.25, -0.2) is 0 Å². The van der Waals surface area contributed by atoms with E-state index in [1.807, 2.05) is 12.1 Å². The van der Waals surface area contributed by atoms with E-state index in [0.717, 1.165) is 31.0 Å². The summed E-state index contributed by atoms with van der Waals surface area (Å²) in [6.45, 7) is 0.957. The lowest BCUT2D eigenvalue weighted by atomic mass is 10.0. The normalized spacial score (nSPS) is 22.4. The molecule has 0 radical (unpaired) electrons. The molecule has 1 amide bonds. The summed E-state index contributed by atoms with van der Waals surface area (Å²) in [5.41, 5.74) is 2.32. The van der Waals surface area contributed by atoms with Gasteiger partial charge in [0.15, 0.2) is 0 Å². The minimum atomic E-state index is -0.0122. The van der Waals surface area contributed by atoms with Crippen molar-refractivity contribution < 1.29 is 4.79 Å². The summed E-state index contributed by atoms with van der Waals surface area (Å²) in [5.74, 6) is 0.878. The van der Waals surface area contributed by atoms with E-state index in [4.69, 9.17) is 0 Å². The van der Waals surface area contributed by atoms with Crippen molar-refractivity contribution in [3.8, 4) is 0 Å². The number of hydrogen-bond donors (Lipinski definition) is 2. The number of halogens is 1. The monoisotopic (exact) mass is 280 g/mol. The highest BCUT2D eigenvalue weighted by Crippen LogP contribution is 2.40. The summed E-state index contributed by atoms with van der Waals surface area (Å²) in [6, 6.07) is 8.31. The standard InChI is InChI=1S/C15H20N2O.ClH/c18-15(14-3-1-2-10-16-14)17-13-8-6-12(7-9-13)11-4-5-11;/h6-9,11,14,16H,1-5,10H2,(H,17,18);1H/t14-;/m1./s1. The second kappa shape index (κ2) is 6.40. The van der Waals surface area contributed by atoms with Gasteiger partial charge in [-0.2, -0.15) is 0 Å². The fraction of sp³-hybridized carbons (Fsp3) is 0.533. The Morgan fingerprint density at radius 3 is 2.42 bits per heavy atom. The Balaban J connectivity index is 0.00000133. The zero-order valence-electron chi connectivity index (χ0n) is 11.0. The molecule has 2 N–H and O–H groups in total. The summed E-state index contributed by atoms with van der Waals surface area (Å²) in [7, 11) is 0. The highest BCUT2D eigenvalue weighted by atomic mass is 35.5. The van der Waals surface area contributed by atoms with Gasteiger partial charge in [-0.3, -0.25) is 4.79 Å². The maximum Gasteiger partial charge on any atom is 0.241 e. The van der Waals surface area contributed by atoms with Gasteiger partial charge in [-0.05, 0) is 55.8 Å². The number of benzene rings is 1. The molecule has 4 heteroatoms. The van der Waals surface area contributed by atoms with E-state index < -0.39 is 0 Å². The molecule has 0 bridgehead atoms. The maximum atomic E-state index is 12.0. The number of carbonyl (C=O) groups excluding carboxylic acids is 1. The molecule has 1 heterocycles. The molecule has 104 valence electrons. The lowest BCUT2D eigenvalue weighted by Crippen LogP contribution is -2.43. The molecule has 19 heavy (non-hydrogen) atoms. The van der Waals surface area contributed by atoms with Crippen LogP contribution in [0.25, 0.3) is 0 Å². The van der Waals surface area contributed by atoms with Crippen molar-refractivity contribution >= 4 is 24.0 Å². The van der Waals surface area contributed by atoms with Crippen LogP contribution >= 0.6 is 12.4 Å². The second-order valence-electron chi connectivity index (χ2n) is 5.39. The molecule has 0 spiro atoms. The Kier molecular flexibility index (Phi) is 4.83. The molecule has 0 aromatic heterocycles. The molecule has 1 saturated carbocycles. The van der Waals surface area contributed by atoms with E-state index in [1.165, 1.54) is 24.8 Å². The Bertz CT molecular complexity index is 422. The highest BCUT2D eigenvalue weighted by molar-refractivity contribution is 5.94. The van der Waals surface area contributed by atoms with Crippen LogP contribution in [0.5, 0.6) is 0 Å². The van der Waals surface area contributed by atoms with Crippen molar-refractivity contribution in [1.29, 1.82) is 0 Å². The summed E-state index contributed by atoms with van der Waals surface area (Å²) in [5, 5.41) is 6.26. The van der Waals surface area contributed by atoms with Crippen molar-refractivity contribution in [3.05, 3.63) is 29.8 Å². The molecular weight excluding hydrogens is 260 g/mol. The molecule has 1 aliphatic heterocycles. The molecule has 1 aliphatic carbocycles. The van der Waals surface area contributed by atoms with E-state index in [0.29, 0.717) is 0 Å². The van der Waals surface area contributed by atoms with Gasteiger partial charge in [0.25, 0.3) is 0 Å². The average Bonchev–Trinajstić information content (AvgIpc) is 3.25. The molecule has 2 fully saturated rings. The van der Waals surface area contributed by atoms with E-state index in [-0.39, 0.29) is 24.4 Å². The molecule has 1 saturated heterocycles. The number of rotatable bonds is 3. The molecular formula is C15H21ClN2O. The average molecular weight is 281 g/mol. The fourth-order valence-electron chi connectivity index (χ4n) is 2.56. The van der Waals surface area contributed by atoms with Crippen LogP contribution in [0.3, 0.4) is 0 Å². The van der Waals surface area contributed by atoms with Crippen LogP contribution in [0.1, 0.15) is 43.6 Å². The molecule has 3 rings (SSSR count). The number of anilines is 1. The molecule has 1 atom stereocenters. The van der Waals surface area contributed by atoms with Crippen LogP contribution in [0.2, 0.25) is 0 Å². The van der Waals surface area contributed by atoms with Crippen LogP contribution in [-0.2, 0) is 4.79 Å². The minimum Gasteiger partial charge on any atom is -0.325 e. The minimum absolute atomic E-state index is 0. The zero-order chi connectivity index (χ0) is 12.4. The van der Waals surface area contributed by atoms with Gasteiger partial charge < -0.3 is 10.6 Å². The summed E-state index contributed by atoms with van der Waals surface area (Å²) in [4.78, 5) is 12.0. The first-order valence-corrected chi connectivity index (χ1v) is 6.97. The van der Waals surface area contributed by atoms with Gasteiger partial charge in [0.05, 0.1) is 6.04 Å². The predicted octanol–water partition coefficient (Wildman–Crippen LogP) is 3.07. The third kappa shape index (κ3) is 3.71. The van der Waals surface area contributed by atoms with Crippen molar-refractivity contribution in [3.63, 3.8) is 0 Å². The van der Waals surface area contributed by atoms with Gasteiger partial charge in [0.1, 0.15) is 0 Å². The fourth-order valence-corrected chi connectivity index (χ4v) is 2.56. The van der Waals surface area contributed by atoms with Crippen LogP contribution in [0.15, 0.2) is 24.3 Å². The molecule has 2 aliphatic rings. The largest absolute Gasteiger partial charge is 0.325 e. The van der Waals surface area contributed by atoms with Gasteiger partial charge in [-0.15, -0.1) is 12.4 Å². The molecule has 1 aromatic rings. The Morgan fingerprint density at radius 2 is 1.84 bits per heavy atom. The zero-order valence-corrected chi connectivity index (χ0v) is 11.8. The topological polar surface area (TPSA) is 41.1 Å². The number of amides is 1. The number of hydrogen-bond acceptors (Lipinski definition) is 2. The second-order valence-corrected chi connectivity index (χ2v) is 5.39. The van der Waals surface area contributed by atoms with Crippen molar-refractivity contribution in [2.75, 3.05) is 11.9 Å². The first kappa shape index (κ1) is 14.4. The van der Waals surface area contributed by atoms with Gasteiger partial charge >= 0.3 is 0 Å². The van der Waals surface area contributed by atoms with E-state index in [1.54, 1.807) is 0 Å². The highest BCUT2D eigenvalue weighted by Gasteiger charge is 2.23. The maximum absolute atomic E-state index is 12.0. The van der Waals surface area contributed by atoms with Crippen molar-refractivity contribution in [2.24, 2.45) is 0 Å². The molecule has 1 aromatic carbocycles. The quantitative estimate of drug-likeness (QED) is 0.893. The lowest BCUT2D eigenvalue weighted by molar-refractivity contribution is -0.118. The Labute approximate surface area is 120 Å². The van der Waals surface area contributed by atoms with E-state index in [2.05, 4.69) is 22.8 Å². The van der Waals surface area contributed by atoms with Crippen LogP contribution < -0.4 is 10.6 Å². The van der Waals surface area contributed by atoms with Crippen LogP contribution in [0, 0.1) is 0 Å². The van der Waals surface area contributed by atoms with Gasteiger partial charge in [-0.1, -0.05) is 18.6 Å². The van der Waals surface area contributed by atoms with Crippen LogP contribution in [-0.4, -0.2) is 18.5 Å².